The van der Waals surface area contributed by atoms with Gasteiger partial charge in [0.15, 0.2) is 0 Å². The van der Waals surface area contributed by atoms with Crippen LogP contribution in [-0.2, 0) is 16.6 Å². The molecule has 1 aromatic carbocycles. The van der Waals surface area contributed by atoms with Crippen LogP contribution < -0.4 is 0 Å². The fourth-order valence-corrected chi connectivity index (χ4v) is 2.18. The van der Waals surface area contributed by atoms with Gasteiger partial charge in [0.25, 0.3) is 0 Å². The van der Waals surface area contributed by atoms with E-state index in [4.69, 9.17) is 11.6 Å². The number of pyridine rings is 1. The highest BCUT2D eigenvalue weighted by molar-refractivity contribution is 6.65. The normalized spacial score (nSPS) is 13.9. The van der Waals surface area contributed by atoms with Gasteiger partial charge in [-0.2, -0.15) is 0 Å². The first-order chi connectivity index (χ1) is 8.63. The molecular weight excluding hydrogens is 246 g/mol. The lowest BCUT2D eigenvalue weighted by atomic mass is 9.79. The Labute approximate surface area is 112 Å². The van der Waals surface area contributed by atoms with E-state index in [9.17, 15) is 4.79 Å². The Hall–Kier alpha value is -1.67. The second kappa shape index (κ2) is 5.32. The molecule has 2 aromatic rings. The van der Waals surface area contributed by atoms with E-state index in [2.05, 4.69) is 4.98 Å². The van der Waals surface area contributed by atoms with Crippen LogP contribution in [0.25, 0.3) is 0 Å². The summed E-state index contributed by atoms with van der Waals surface area (Å²) in [4.78, 5) is 15.9. The number of rotatable bonds is 4. The van der Waals surface area contributed by atoms with Crippen molar-refractivity contribution >= 4 is 16.8 Å². The molecule has 0 aliphatic heterocycles. The highest BCUT2D eigenvalue weighted by atomic mass is 35.5. The van der Waals surface area contributed by atoms with E-state index in [0.717, 1.165) is 11.1 Å². The number of hydrogen-bond acceptors (Lipinski definition) is 2. The van der Waals surface area contributed by atoms with Gasteiger partial charge in [-0.25, -0.2) is 0 Å². The summed E-state index contributed by atoms with van der Waals surface area (Å²) in [6.45, 7) is 1.87. The number of hydrogen-bond donors (Lipinski definition) is 0. The molecule has 0 spiro atoms. The van der Waals surface area contributed by atoms with Gasteiger partial charge in [0.1, 0.15) is 0 Å². The van der Waals surface area contributed by atoms with Gasteiger partial charge in [0.2, 0.25) is 5.24 Å². The first kappa shape index (κ1) is 12.8. The Kier molecular flexibility index (Phi) is 3.78. The minimum absolute atomic E-state index is 0.349. The lowest BCUT2D eigenvalue weighted by Gasteiger charge is -2.25. The van der Waals surface area contributed by atoms with Crippen molar-refractivity contribution in [1.29, 1.82) is 0 Å². The molecule has 0 radical (unpaired) electrons. The molecule has 0 saturated carbocycles. The Morgan fingerprint density at radius 2 is 1.94 bits per heavy atom. The van der Waals surface area contributed by atoms with Crippen LogP contribution in [-0.4, -0.2) is 10.2 Å². The Bertz CT molecular complexity index is 527. The number of carbonyl (C=O) groups excluding carboxylic acids is 1. The van der Waals surface area contributed by atoms with Gasteiger partial charge in [-0.05, 0) is 42.1 Å². The fourth-order valence-electron chi connectivity index (χ4n) is 2.00. The summed E-state index contributed by atoms with van der Waals surface area (Å²) >= 11 is 5.81. The molecule has 0 aliphatic rings. The molecule has 1 atom stereocenters. The minimum Gasteiger partial charge on any atom is -0.280 e. The Morgan fingerprint density at radius 3 is 2.50 bits per heavy atom. The maximum atomic E-state index is 11.8. The highest BCUT2D eigenvalue weighted by Crippen LogP contribution is 2.30. The van der Waals surface area contributed by atoms with Crippen molar-refractivity contribution in [2.75, 3.05) is 0 Å². The number of halogens is 1. The lowest BCUT2D eigenvalue weighted by Crippen LogP contribution is -2.31. The van der Waals surface area contributed by atoms with Gasteiger partial charge in [0, 0.05) is 12.4 Å². The number of carbonyl (C=O) groups is 1. The minimum atomic E-state index is -0.716. The molecule has 1 aromatic heterocycles. The molecule has 0 N–H and O–H groups in total. The molecule has 2 nitrogen and oxygen atoms in total. The lowest BCUT2D eigenvalue weighted by molar-refractivity contribution is -0.116. The third-order valence-corrected chi connectivity index (χ3v) is 3.54. The van der Waals surface area contributed by atoms with Gasteiger partial charge in [0.05, 0.1) is 5.41 Å². The van der Waals surface area contributed by atoms with Crippen LogP contribution in [0.4, 0.5) is 0 Å². The fraction of sp³-hybridized carbons (Fsp3) is 0.200. The summed E-state index contributed by atoms with van der Waals surface area (Å²) in [5.74, 6) is 0. The zero-order valence-electron chi connectivity index (χ0n) is 10.1. The van der Waals surface area contributed by atoms with Crippen molar-refractivity contribution < 1.29 is 4.79 Å². The van der Waals surface area contributed by atoms with Gasteiger partial charge < -0.3 is 0 Å². The predicted molar refractivity (Wildman–Crippen MR) is 72.6 cm³/mol. The van der Waals surface area contributed by atoms with Crippen molar-refractivity contribution in [3.63, 3.8) is 0 Å². The van der Waals surface area contributed by atoms with Gasteiger partial charge in [-0.3, -0.25) is 9.78 Å². The quantitative estimate of drug-likeness (QED) is 0.788. The third kappa shape index (κ3) is 2.59. The van der Waals surface area contributed by atoms with E-state index < -0.39 is 5.41 Å². The van der Waals surface area contributed by atoms with Gasteiger partial charge in [-0.1, -0.05) is 36.4 Å². The molecule has 1 heterocycles. The molecular formula is C15H14ClNO. The molecule has 18 heavy (non-hydrogen) atoms. The van der Waals surface area contributed by atoms with E-state index in [-0.39, 0.29) is 5.24 Å². The van der Waals surface area contributed by atoms with Gasteiger partial charge >= 0.3 is 0 Å². The largest absolute Gasteiger partial charge is 0.280 e. The molecule has 0 saturated heterocycles. The van der Waals surface area contributed by atoms with Gasteiger partial charge in [-0.15, -0.1) is 0 Å². The van der Waals surface area contributed by atoms with Crippen LogP contribution in [0.5, 0.6) is 0 Å². The first-order valence-corrected chi connectivity index (χ1v) is 6.15. The van der Waals surface area contributed by atoms with Crippen LogP contribution >= 0.6 is 11.6 Å². The number of nitrogens with zero attached hydrogens (tertiary/aromatic N) is 1. The van der Waals surface area contributed by atoms with E-state index in [1.165, 1.54) is 0 Å². The van der Waals surface area contributed by atoms with E-state index >= 15 is 0 Å². The average Bonchev–Trinajstić information content (AvgIpc) is 2.40. The maximum Gasteiger partial charge on any atom is 0.232 e. The molecule has 0 fully saturated rings. The van der Waals surface area contributed by atoms with Crippen molar-refractivity contribution in [2.24, 2.45) is 0 Å². The van der Waals surface area contributed by atoms with Crippen molar-refractivity contribution in [3.05, 3.63) is 66.0 Å². The summed E-state index contributed by atoms with van der Waals surface area (Å²) in [6.07, 6.45) is 4.03. The van der Waals surface area contributed by atoms with Crippen LogP contribution in [0.2, 0.25) is 0 Å². The van der Waals surface area contributed by atoms with E-state index in [0.29, 0.717) is 6.42 Å². The molecule has 0 amide bonds. The summed E-state index contributed by atoms with van der Waals surface area (Å²) in [6, 6.07) is 13.4. The topological polar surface area (TPSA) is 30.0 Å². The number of benzene rings is 1. The second-order valence-corrected chi connectivity index (χ2v) is 4.85. The third-order valence-electron chi connectivity index (χ3n) is 3.13. The van der Waals surface area contributed by atoms with Crippen molar-refractivity contribution in [3.8, 4) is 0 Å². The molecule has 0 aliphatic carbocycles. The summed E-state index contributed by atoms with van der Waals surface area (Å²) < 4.78 is 0. The molecule has 0 bridgehead atoms. The number of aromatic nitrogens is 1. The standard InChI is InChI=1S/C15H14ClNO/c1-15(14(16)18,13-7-3-2-4-8-13)10-12-6-5-9-17-11-12/h2-9,11H,10H2,1H3. The van der Waals surface area contributed by atoms with Crippen LogP contribution in [0.1, 0.15) is 18.1 Å². The summed E-state index contributed by atoms with van der Waals surface area (Å²) in [5.41, 5.74) is 1.21. The zero-order chi connectivity index (χ0) is 13.0. The smallest absolute Gasteiger partial charge is 0.232 e. The van der Waals surface area contributed by atoms with E-state index in [1.807, 2.05) is 49.4 Å². The van der Waals surface area contributed by atoms with Crippen molar-refractivity contribution in [2.45, 2.75) is 18.8 Å². The zero-order valence-corrected chi connectivity index (χ0v) is 10.9. The molecule has 92 valence electrons. The predicted octanol–water partition coefficient (Wildman–Crippen LogP) is 3.35. The van der Waals surface area contributed by atoms with Crippen molar-refractivity contribution in [1.82, 2.24) is 4.98 Å². The Morgan fingerprint density at radius 1 is 1.22 bits per heavy atom. The average molecular weight is 260 g/mol. The monoisotopic (exact) mass is 259 g/mol. The second-order valence-electron chi connectivity index (χ2n) is 4.51. The Balaban J connectivity index is 2.37. The molecule has 1 unspecified atom stereocenters. The summed E-state index contributed by atoms with van der Waals surface area (Å²) in [5, 5.41) is -0.349. The maximum absolute atomic E-state index is 11.8. The van der Waals surface area contributed by atoms with Crippen LogP contribution in [0, 0.1) is 0 Å². The van der Waals surface area contributed by atoms with Crippen LogP contribution in [0.15, 0.2) is 54.9 Å². The van der Waals surface area contributed by atoms with Crippen LogP contribution in [0.3, 0.4) is 0 Å². The molecule has 2 rings (SSSR count). The molecule has 3 heteroatoms. The summed E-state index contributed by atoms with van der Waals surface area (Å²) in [7, 11) is 0. The highest BCUT2D eigenvalue weighted by Gasteiger charge is 2.33. The SMILES string of the molecule is CC(Cc1cccnc1)(C(=O)Cl)c1ccccc1. The first-order valence-electron chi connectivity index (χ1n) is 5.77. The van der Waals surface area contributed by atoms with E-state index in [1.54, 1.807) is 12.4 Å².